The van der Waals surface area contributed by atoms with Crippen molar-refractivity contribution >= 4 is 11.6 Å². The van der Waals surface area contributed by atoms with Gasteiger partial charge in [0.05, 0.1) is 0 Å². The molecule has 1 radical (unpaired) electrons. The molecule has 0 heterocycles. The molecule has 0 saturated carbocycles. The van der Waals surface area contributed by atoms with Gasteiger partial charge >= 0.3 is 18.0 Å². The lowest BCUT2D eigenvalue weighted by molar-refractivity contribution is -0.348. The van der Waals surface area contributed by atoms with Gasteiger partial charge in [0, 0.05) is 16.7 Å². The maximum atomic E-state index is 14.2. The minimum absolute atomic E-state index is 0.0594. The van der Waals surface area contributed by atoms with Crippen LogP contribution in [0.15, 0.2) is 6.07 Å². The van der Waals surface area contributed by atoms with Gasteiger partial charge in [-0.2, -0.15) is 26.3 Å². The fourth-order valence-electron chi connectivity index (χ4n) is 2.51. The summed E-state index contributed by atoms with van der Waals surface area (Å²) < 4.78 is 91.2. The summed E-state index contributed by atoms with van der Waals surface area (Å²) in [5, 5.41) is -0.457. The summed E-state index contributed by atoms with van der Waals surface area (Å²) in [6.07, 6.45) is -11.1. The van der Waals surface area contributed by atoms with E-state index in [0.717, 1.165) is 0 Å². The van der Waals surface area contributed by atoms with Crippen molar-refractivity contribution in [2.24, 2.45) is 0 Å². The maximum absolute atomic E-state index is 14.2. The number of hydrogen-bond donors (Lipinski definition) is 0. The lowest BCUT2D eigenvalue weighted by Gasteiger charge is -2.33. The molecule has 0 aromatic heterocycles. The minimum atomic E-state index is -6.12. The van der Waals surface area contributed by atoms with Crippen molar-refractivity contribution in [1.82, 2.24) is 0 Å². The van der Waals surface area contributed by atoms with Crippen molar-refractivity contribution in [1.29, 1.82) is 0 Å². The van der Waals surface area contributed by atoms with Crippen molar-refractivity contribution < 1.29 is 30.7 Å². The normalized spacial score (nSPS) is 16.8. The fourth-order valence-corrected chi connectivity index (χ4v) is 2.73. The third-order valence-corrected chi connectivity index (χ3v) is 3.69. The molecule has 0 unspecified atom stereocenters. The Balaban J connectivity index is 2.75. The highest BCUT2D eigenvalue weighted by Gasteiger charge is 2.74. The molecule has 8 heteroatoms. The van der Waals surface area contributed by atoms with Gasteiger partial charge in [-0.1, -0.05) is 11.6 Å². The Bertz CT molecular complexity index is 531. The first kappa shape index (κ1) is 16.4. The van der Waals surface area contributed by atoms with E-state index in [0.29, 0.717) is 18.9 Å². The molecule has 0 spiro atoms. The standard InChI is InChI=1S/C13H9ClF7/c14-8-5-7-3-1-2-4-9(7)10(6-8)11(15,12(16,17)18)13(19,20)21/h6H,1-4H2. The van der Waals surface area contributed by atoms with Crippen LogP contribution in [0.5, 0.6) is 0 Å². The minimum Gasteiger partial charge on any atom is -0.218 e. The third-order valence-electron chi connectivity index (χ3n) is 3.49. The van der Waals surface area contributed by atoms with Crippen molar-refractivity contribution in [3.8, 4) is 0 Å². The maximum Gasteiger partial charge on any atom is 0.435 e. The van der Waals surface area contributed by atoms with Crippen molar-refractivity contribution in [2.75, 3.05) is 0 Å². The molecular weight excluding hydrogens is 325 g/mol. The fraction of sp³-hybridized carbons (Fsp3) is 0.538. The molecule has 0 bridgehead atoms. The average Bonchev–Trinajstić information content (AvgIpc) is 2.34. The number of alkyl halides is 7. The van der Waals surface area contributed by atoms with Crippen LogP contribution in [0, 0.1) is 6.07 Å². The van der Waals surface area contributed by atoms with E-state index in [4.69, 9.17) is 11.6 Å². The molecule has 21 heavy (non-hydrogen) atoms. The highest BCUT2D eigenvalue weighted by Crippen LogP contribution is 2.55. The predicted molar refractivity (Wildman–Crippen MR) is 61.8 cm³/mol. The summed E-state index contributed by atoms with van der Waals surface area (Å²) in [6, 6.07) is 2.89. The number of hydrogen-bond acceptors (Lipinski definition) is 0. The number of halogens is 8. The molecule has 1 aromatic carbocycles. The second kappa shape index (κ2) is 5.04. The monoisotopic (exact) mass is 333 g/mol. The van der Waals surface area contributed by atoms with E-state index in [1.54, 1.807) is 0 Å². The summed E-state index contributed by atoms with van der Waals surface area (Å²) in [7, 11) is 0. The third kappa shape index (κ3) is 2.60. The van der Waals surface area contributed by atoms with Crippen LogP contribution >= 0.6 is 11.6 Å². The largest absolute Gasteiger partial charge is 0.435 e. The summed E-state index contributed by atoms with van der Waals surface area (Å²) >= 11 is 5.53. The van der Waals surface area contributed by atoms with Gasteiger partial charge < -0.3 is 0 Å². The van der Waals surface area contributed by atoms with Crippen LogP contribution in [-0.2, 0) is 18.5 Å². The molecular formula is C13H9ClF7. The summed E-state index contributed by atoms with van der Waals surface area (Å²) in [5.74, 6) is 0. The molecule has 0 saturated heterocycles. The molecule has 0 amide bonds. The number of benzene rings is 1. The van der Waals surface area contributed by atoms with E-state index < -0.39 is 28.6 Å². The highest BCUT2D eigenvalue weighted by molar-refractivity contribution is 6.30. The Morgan fingerprint density at radius 1 is 0.905 bits per heavy atom. The van der Waals surface area contributed by atoms with E-state index in [1.807, 2.05) is 0 Å². The van der Waals surface area contributed by atoms with Gasteiger partial charge in [-0.15, -0.1) is 0 Å². The SMILES string of the molecule is FC(F)(F)C(F)(c1cc(Cl)[c]c2c1CCCC2)C(F)(F)F. The molecule has 0 N–H and O–H groups in total. The van der Waals surface area contributed by atoms with Gasteiger partial charge in [-0.3, -0.25) is 0 Å². The first-order valence-corrected chi connectivity index (χ1v) is 6.42. The van der Waals surface area contributed by atoms with Gasteiger partial charge in [0.2, 0.25) is 0 Å². The van der Waals surface area contributed by atoms with Crippen LogP contribution in [0.4, 0.5) is 30.7 Å². The summed E-state index contributed by atoms with van der Waals surface area (Å²) in [5.41, 5.74) is -7.05. The average molecular weight is 334 g/mol. The lowest BCUT2D eigenvalue weighted by Crippen LogP contribution is -2.51. The van der Waals surface area contributed by atoms with Crippen molar-refractivity contribution in [3.05, 3.63) is 33.8 Å². The van der Waals surface area contributed by atoms with Crippen molar-refractivity contribution in [3.63, 3.8) is 0 Å². The second-order valence-electron chi connectivity index (χ2n) is 4.85. The zero-order valence-corrected chi connectivity index (χ0v) is 11.2. The zero-order valence-electron chi connectivity index (χ0n) is 10.4. The summed E-state index contributed by atoms with van der Waals surface area (Å²) in [4.78, 5) is 0. The van der Waals surface area contributed by atoms with Crippen LogP contribution in [0.1, 0.15) is 29.5 Å². The molecule has 0 atom stereocenters. The Morgan fingerprint density at radius 3 is 1.95 bits per heavy atom. The molecule has 0 fully saturated rings. The number of aryl methyl sites for hydroxylation is 1. The smallest absolute Gasteiger partial charge is 0.218 e. The second-order valence-corrected chi connectivity index (χ2v) is 5.26. The molecule has 1 aliphatic rings. The van der Waals surface area contributed by atoms with Crippen LogP contribution < -0.4 is 0 Å². The van der Waals surface area contributed by atoms with E-state index in [1.165, 1.54) is 0 Å². The van der Waals surface area contributed by atoms with E-state index in [9.17, 15) is 30.7 Å². The highest BCUT2D eigenvalue weighted by atomic mass is 35.5. The van der Waals surface area contributed by atoms with Gasteiger partial charge in [-0.05, 0) is 42.9 Å². The van der Waals surface area contributed by atoms with Crippen LogP contribution in [0.3, 0.4) is 0 Å². The van der Waals surface area contributed by atoms with E-state index in [2.05, 4.69) is 6.07 Å². The Hall–Kier alpha value is -0.980. The topological polar surface area (TPSA) is 0 Å². The number of fused-ring (bicyclic) bond motifs is 1. The zero-order chi connectivity index (χ0) is 16.1. The Labute approximate surface area is 120 Å². The molecule has 1 aromatic rings. The van der Waals surface area contributed by atoms with Crippen LogP contribution in [0.2, 0.25) is 5.02 Å². The molecule has 0 aliphatic heterocycles. The van der Waals surface area contributed by atoms with Gasteiger partial charge in [0.25, 0.3) is 0 Å². The van der Waals surface area contributed by atoms with Gasteiger partial charge in [-0.25, -0.2) is 4.39 Å². The lowest BCUT2D eigenvalue weighted by atomic mass is 9.81. The van der Waals surface area contributed by atoms with Crippen LogP contribution in [-0.4, -0.2) is 12.4 Å². The molecule has 1 aliphatic carbocycles. The molecule has 0 nitrogen and oxygen atoms in total. The van der Waals surface area contributed by atoms with E-state index in [-0.39, 0.29) is 24.0 Å². The Kier molecular flexibility index (Phi) is 3.93. The first-order valence-electron chi connectivity index (χ1n) is 6.05. The van der Waals surface area contributed by atoms with Gasteiger partial charge in [0.15, 0.2) is 0 Å². The quantitative estimate of drug-likeness (QED) is 0.611. The predicted octanol–water partition coefficient (Wildman–Crippen LogP) is 5.31. The first-order chi connectivity index (χ1) is 9.48. The van der Waals surface area contributed by atoms with E-state index >= 15 is 0 Å². The number of rotatable bonds is 1. The summed E-state index contributed by atoms with van der Waals surface area (Å²) in [6.45, 7) is 0. The van der Waals surface area contributed by atoms with Gasteiger partial charge in [0.1, 0.15) is 0 Å². The van der Waals surface area contributed by atoms with Crippen LogP contribution in [0.25, 0.3) is 0 Å². The molecule has 2 rings (SSSR count). The Morgan fingerprint density at radius 2 is 1.43 bits per heavy atom. The molecule has 117 valence electrons. The van der Waals surface area contributed by atoms with Crippen molar-refractivity contribution in [2.45, 2.75) is 43.7 Å².